The van der Waals surface area contributed by atoms with Crippen LogP contribution in [0.15, 0.2) is 29.3 Å². The van der Waals surface area contributed by atoms with E-state index < -0.39 is 0 Å². The van der Waals surface area contributed by atoms with Crippen LogP contribution in [0.1, 0.15) is 34.1 Å². The highest BCUT2D eigenvalue weighted by molar-refractivity contribution is 7.11. The van der Waals surface area contributed by atoms with Crippen LogP contribution >= 0.6 is 11.3 Å². The Morgan fingerprint density at radius 2 is 1.93 bits per heavy atom. The van der Waals surface area contributed by atoms with Crippen LogP contribution in [-0.2, 0) is 6.42 Å². The van der Waals surface area contributed by atoms with E-state index >= 15 is 0 Å². The SMILES string of the molecule is CCNC(=NCC(c1ccc(F)cc1)N(C)C)NCCc1nc(C)c(C)s1. The quantitative estimate of drug-likeness (QED) is 0.536. The van der Waals surface area contributed by atoms with Gasteiger partial charge in [0.1, 0.15) is 5.82 Å². The molecule has 2 rings (SSSR count). The van der Waals surface area contributed by atoms with Crippen molar-refractivity contribution in [3.05, 3.63) is 51.2 Å². The fourth-order valence-electron chi connectivity index (χ4n) is 2.71. The first-order valence-corrected chi connectivity index (χ1v) is 10.1. The van der Waals surface area contributed by atoms with Crippen molar-refractivity contribution in [1.29, 1.82) is 0 Å². The summed E-state index contributed by atoms with van der Waals surface area (Å²) in [6, 6.07) is 6.73. The van der Waals surface area contributed by atoms with Gasteiger partial charge in [-0.3, -0.25) is 4.99 Å². The fraction of sp³-hybridized carbons (Fsp3) is 0.500. The van der Waals surface area contributed by atoms with Gasteiger partial charge in [-0.2, -0.15) is 0 Å². The number of nitrogens with zero attached hydrogens (tertiary/aromatic N) is 3. The van der Waals surface area contributed by atoms with Crippen LogP contribution in [0.4, 0.5) is 4.39 Å². The van der Waals surface area contributed by atoms with Crippen molar-refractivity contribution in [2.75, 3.05) is 33.7 Å². The standard InChI is InChI=1S/C20H30FN5S/c1-6-22-20(23-12-11-19-25-14(2)15(3)27-19)24-13-18(26(4)5)16-7-9-17(21)10-8-16/h7-10,18H,6,11-13H2,1-5H3,(H2,22,23,24). The van der Waals surface area contributed by atoms with E-state index in [1.165, 1.54) is 17.0 Å². The second-order valence-corrected chi connectivity index (χ2v) is 7.96. The number of nitrogens with one attached hydrogen (secondary N) is 2. The van der Waals surface area contributed by atoms with Gasteiger partial charge < -0.3 is 15.5 Å². The van der Waals surface area contributed by atoms with Crippen LogP contribution in [0.25, 0.3) is 0 Å². The van der Waals surface area contributed by atoms with Gasteiger partial charge in [0.25, 0.3) is 0 Å². The zero-order chi connectivity index (χ0) is 19.8. The van der Waals surface area contributed by atoms with Crippen molar-refractivity contribution in [3.63, 3.8) is 0 Å². The van der Waals surface area contributed by atoms with Crippen molar-refractivity contribution < 1.29 is 4.39 Å². The number of hydrogen-bond donors (Lipinski definition) is 2. The third kappa shape index (κ3) is 6.59. The molecule has 0 saturated heterocycles. The lowest BCUT2D eigenvalue weighted by Crippen LogP contribution is -2.39. The van der Waals surface area contributed by atoms with Gasteiger partial charge in [-0.25, -0.2) is 9.37 Å². The van der Waals surface area contributed by atoms with Gasteiger partial charge in [0, 0.05) is 24.4 Å². The Balaban J connectivity index is 1.98. The van der Waals surface area contributed by atoms with Crippen LogP contribution in [0.5, 0.6) is 0 Å². The predicted molar refractivity (Wildman–Crippen MR) is 112 cm³/mol. The molecule has 1 unspecified atom stereocenters. The molecule has 2 N–H and O–H groups in total. The molecule has 148 valence electrons. The first-order chi connectivity index (χ1) is 12.9. The van der Waals surface area contributed by atoms with Crippen LogP contribution < -0.4 is 10.6 Å². The summed E-state index contributed by atoms with van der Waals surface area (Å²) in [6.07, 6.45) is 0.874. The molecule has 2 aromatic rings. The molecule has 1 aromatic carbocycles. The van der Waals surface area contributed by atoms with Crippen molar-refractivity contribution in [3.8, 4) is 0 Å². The first kappa shape index (κ1) is 21.3. The molecule has 27 heavy (non-hydrogen) atoms. The number of benzene rings is 1. The zero-order valence-electron chi connectivity index (χ0n) is 16.8. The molecule has 0 radical (unpaired) electrons. The molecule has 7 heteroatoms. The van der Waals surface area contributed by atoms with E-state index in [4.69, 9.17) is 4.99 Å². The average Bonchev–Trinajstić information content (AvgIpc) is 2.94. The second kappa shape index (κ2) is 10.4. The van der Waals surface area contributed by atoms with E-state index in [-0.39, 0.29) is 11.9 Å². The molecular weight excluding hydrogens is 361 g/mol. The maximum atomic E-state index is 13.2. The number of guanidine groups is 1. The van der Waals surface area contributed by atoms with Gasteiger partial charge in [0.05, 0.1) is 23.3 Å². The molecule has 0 aliphatic heterocycles. The van der Waals surface area contributed by atoms with Crippen molar-refractivity contribution in [1.82, 2.24) is 20.5 Å². The monoisotopic (exact) mass is 391 g/mol. The van der Waals surface area contributed by atoms with Crippen LogP contribution in [-0.4, -0.2) is 49.6 Å². The van der Waals surface area contributed by atoms with E-state index in [0.29, 0.717) is 6.54 Å². The van der Waals surface area contributed by atoms with E-state index in [9.17, 15) is 4.39 Å². The number of rotatable bonds is 8. The lowest BCUT2D eigenvalue weighted by atomic mass is 10.1. The summed E-state index contributed by atoms with van der Waals surface area (Å²) in [5, 5.41) is 7.81. The molecule has 0 aliphatic rings. The van der Waals surface area contributed by atoms with Gasteiger partial charge in [-0.05, 0) is 52.6 Å². The van der Waals surface area contributed by atoms with E-state index in [1.54, 1.807) is 11.3 Å². The van der Waals surface area contributed by atoms with Crippen molar-refractivity contribution in [2.24, 2.45) is 4.99 Å². The molecule has 0 bridgehead atoms. The summed E-state index contributed by atoms with van der Waals surface area (Å²) >= 11 is 1.75. The topological polar surface area (TPSA) is 52.6 Å². The molecule has 0 fully saturated rings. The Kier molecular flexibility index (Phi) is 8.19. The van der Waals surface area contributed by atoms with Gasteiger partial charge in [0.15, 0.2) is 5.96 Å². The lowest BCUT2D eigenvalue weighted by molar-refractivity contribution is 0.306. The summed E-state index contributed by atoms with van der Waals surface area (Å²) < 4.78 is 13.2. The van der Waals surface area contributed by atoms with Crippen molar-refractivity contribution in [2.45, 2.75) is 33.2 Å². The largest absolute Gasteiger partial charge is 0.357 e. The Morgan fingerprint density at radius 1 is 1.22 bits per heavy atom. The minimum absolute atomic E-state index is 0.0883. The van der Waals surface area contributed by atoms with Gasteiger partial charge in [-0.1, -0.05) is 12.1 Å². The molecule has 0 aliphatic carbocycles. The summed E-state index contributed by atoms with van der Waals surface area (Å²) in [5.74, 6) is 0.568. The third-order valence-corrected chi connectivity index (χ3v) is 5.48. The normalized spacial score (nSPS) is 13.1. The molecule has 0 spiro atoms. The first-order valence-electron chi connectivity index (χ1n) is 9.27. The number of halogens is 1. The molecule has 0 saturated carbocycles. The number of thiazole rings is 1. The highest BCUT2D eigenvalue weighted by Gasteiger charge is 2.14. The molecule has 1 aromatic heterocycles. The van der Waals surface area contributed by atoms with E-state index in [2.05, 4.69) is 27.4 Å². The highest BCUT2D eigenvalue weighted by atomic mass is 32.1. The molecule has 1 heterocycles. The zero-order valence-corrected chi connectivity index (χ0v) is 17.7. The van der Waals surface area contributed by atoms with Gasteiger partial charge in [0.2, 0.25) is 0 Å². The van der Waals surface area contributed by atoms with Crippen LogP contribution in [0.2, 0.25) is 0 Å². The third-order valence-electron chi connectivity index (χ3n) is 4.35. The maximum absolute atomic E-state index is 13.2. The Bertz CT molecular complexity index is 720. The van der Waals surface area contributed by atoms with Crippen LogP contribution in [0.3, 0.4) is 0 Å². The van der Waals surface area contributed by atoms with Crippen molar-refractivity contribution >= 4 is 17.3 Å². The molecular formula is C20H30FN5S. The highest BCUT2D eigenvalue weighted by Crippen LogP contribution is 2.19. The minimum atomic E-state index is -0.220. The summed E-state index contributed by atoms with van der Waals surface area (Å²) in [5.41, 5.74) is 2.17. The van der Waals surface area contributed by atoms with Gasteiger partial charge >= 0.3 is 0 Å². The van der Waals surface area contributed by atoms with Crippen LogP contribution in [0, 0.1) is 19.7 Å². The number of hydrogen-bond acceptors (Lipinski definition) is 4. The second-order valence-electron chi connectivity index (χ2n) is 6.68. The average molecular weight is 392 g/mol. The number of aliphatic imine (C=N–C) groups is 1. The number of likely N-dealkylation sites (N-methyl/N-ethyl adjacent to an activating group) is 1. The maximum Gasteiger partial charge on any atom is 0.191 e. The minimum Gasteiger partial charge on any atom is -0.357 e. The Hall–Kier alpha value is -1.99. The smallest absolute Gasteiger partial charge is 0.191 e. The number of aryl methyl sites for hydroxylation is 2. The van der Waals surface area contributed by atoms with E-state index in [0.717, 1.165) is 41.7 Å². The molecule has 0 amide bonds. The van der Waals surface area contributed by atoms with Gasteiger partial charge in [-0.15, -0.1) is 11.3 Å². The summed E-state index contributed by atoms with van der Waals surface area (Å²) in [6.45, 7) is 8.36. The molecule has 1 atom stereocenters. The molecule has 5 nitrogen and oxygen atoms in total. The lowest BCUT2D eigenvalue weighted by Gasteiger charge is -2.23. The number of aromatic nitrogens is 1. The fourth-order valence-corrected chi connectivity index (χ4v) is 3.64. The summed E-state index contributed by atoms with van der Waals surface area (Å²) in [4.78, 5) is 12.7. The predicted octanol–water partition coefficient (Wildman–Crippen LogP) is 3.30. The summed E-state index contributed by atoms with van der Waals surface area (Å²) in [7, 11) is 4.02. The Morgan fingerprint density at radius 3 is 2.48 bits per heavy atom. The Labute approximate surface area is 165 Å². The van der Waals surface area contributed by atoms with E-state index in [1.807, 2.05) is 40.1 Å².